The Morgan fingerprint density at radius 1 is 1.15 bits per heavy atom. The van der Waals surface area contributed by atoms with Gasteiger partial charge in [-0.05, 0) is 49.7 Å². The maximum Gasteiger partial charge on any atom is 0.286 e. The molecule has 0 unspecified atom stereocenters. The van der Waals surface area contributed by atoms with Crippen molar-refractivity contribution in [3.63, 3.8) is 0 Å². The average Bonchev–Trinajstić information content (AvgIpc) is 2.57. The van der Waals surface area contributed by atoms with Gasteiger partial charge in [-0.25, -0.2) is 0 Å². The van der Waals surface area contributed by atoms with E-state index < -0.39 is 15.9 Å². The van der Waals surface area contributed by atoms with Crippen molar-refractivity contribution < 1.29 is 13.2 Å². The van der Waals surface area contributed by atoms with Crippen molar-refractivity contribution >= 4 is 56.3 Å². The van der Waals surface area contributed by atoms with E-state index in [0.29, 0.717) is 33.8 Å². The first-order valence-electron chi connectivity index (χ1n) is 8.22. The van der Waals surface area contributed by atoms with Crippen molar-refractivity contribution in [1.82, 2.24) is 0 Å². The smallest absolute Gasteiger partial charge is 0.286 e. The molecule has 0 saturated carbocycles. The summed E-state index contributed by atoms with van der Waals surface area (Å²) in [5, 5.41) is 3.43. The van der Waals surface area contributed by atoms with E-state index in [1.165, 1.54) is 6.07 Å². The van der Waals surface area contributed by atoms with Gasteiger partial charge in [0.2, 0.25) is 0 Å². The number of hydrogen-bond donors (Lipinski definition) is 1. The predicted octanol–water partition coefficient (Wildman–Crippen LogP) is 4.58. The minimum atomic E-state index is -3.86. The fourth-order valence-electron chi connectivity index (χ4n) is 2.87. The van der Waals surface area contributed by atoms with E-state index in [-0.39, 0.29) is 10.5 Å². The Hall–Kier alpha value is -2.09. The molecule has 2 aromatic carbocycles. The number of hydrogen-bond acceptors (Lipinski definition) is 4. The third-order valence-electron chi connectivity index (χ3n) is 4.00. The van der Waals surface area contributed by atoms with Crippen molar-refractivity contribution in [2.45, 2.75) is 25.2 Å². The first-order chi connectivity index (χ1) is 12.7. The van der Waals surface area contributed by atoms with Crippen LogP contribution in [-0.2, 0) is 10.0 Å². The lowest BCUT2D eigenvalue weighted by Crippen LogP contribution is -2.34. The van der Waals surface area contributed by atoms with Crippen LogP contribution in [0.3, 0.4) is 0 Å². The number of amidine groups is 1. The first-order valence-corrected chi connectivity index (χ1v) is 10.4. The second kappa shape index (κ2) is 7.50. The number of benzene rings is 2. The van der Waals surface area contributed by atoms with Gasteiger partial charge >= 0.3 is 0 Å². The maximum atomic E-state index is 12.6. The minimum absolute atomic E-state index is 0.0123. The Balaban J connectivity index is 1.97. The van der Waals surface area contributed by atoms with E-state index in [1.807, 2.05) is 11.8 Å². The Morgan fingerprint density at radius 3 is 2.44 bits per heavy atom. The SMILES string of the molecule is CCCN1C(C)=NS(=O)(=O)c2cc(C(=O)Nc3cc(Cl)cc(Cl)c3)ccc21. The molecule has 0 radical (unpaired) electrons. The summed E-state index contributed by atoms with van der Waals surface area (Å²) >= 11 is 11.9. The van der Waals surface area contributed by atoms with Crippen molar-refractivity contribution in [2.75, 3.05) is 16.8 Å². The van der Waals surface area contributed by atoms with Crippen LogP contribution in [0.2, 0.25) is 10.0 Å². The standard InChI is InChI=1S/C18H17Cl2N3O3S/c1-3-6-23-11(2)22-27(25,26)17-7-12(4-5-16(17)23)18(24)21-15-9-13(19)8-14(20)10-15/h4-5,7-10H,3,6H2,1-2H3,(H,21,24). The topological polar surface area (TPSA) is 78.8 Å². The van der Waals surface area contributed by atoms with E-state index in [0.717, 1.165) is 6.42 Å². The number of nitrogens with zero attached hydrogens (tertiary/aromatic N) is 2. The van der Waals surface area contributed by atoms with Gasteiger partial charge in [0, 0.05) is 27.8 Å². The number of sulfonamides is 1. The fourth-order valence-corrected chi connectivity index (χ4v) is 4.66. The van der Waals surface area contributed by atoms with Gasteiger partial charge in [-0.3, -0.25) is 4.79 Å². The van der Waals surface area contributed by atoms with Crippen LogP contribution >= 0.6 is 23.2 Å². The highest BCUT2D eigenvalue weighted by Gasteiger charge is 2.29. The van der Waals surface area contributed by atoms with E-state index >= 15 is 0 Å². The summed E-state index contributed by atoms with van der Waals surface area (Å²) in [7, 11) is -3.86. The van der Waals surface area contributed by atoms with Gasteiger partial charge in [-0.2, -0.15) is 8.42 Å². The lowest BCUT2D eigenvalue weighted by atomic mass is 10.1. The van der Waals surface area contributed by atoms with Gasteiger partial charge in [0.05, 0.1) is 5.69 Å². The highest BCUT2D eigenvalue weighted by Crippen LogP contribution is 2.33. The van der Waals surface area contributed by atoms with Crippen LogP contribution in [0.15, 0.2) is 45.7 Å². The van der Waals surface area contributed by atoms with Crippen molar-refractivity contribution in [3.8, 4) is 0 Å². The van der Waals surface area contributed by atoms with Crippen molar-refractivity contribution in [3.05, 3.63) is 52.0 Å². The lowest BCUT2D eigenvalue weighted by molar-refractivity contribution is 0.102. The third-order valence-corrected chi connectivity index (χ3v) is 5.83. The molecule has 0 aromatic heterocycles. The lowest BCUT2D eigenvalue weighted by Gasteiger charge is -2.29. The number of halogens is 2. The zero-order valence-corrected chi connectivity index (χ0v) is 17.0. The molecule has 142 valence electrons. The van der Waals surface area contributed by atoms with Gasteiger partial charge in [0.15, 0.2) is 0 Å². The molecule has 0 spiro atoms. The van der Waals surface area contributed by atoms with Crippen LogP contribution in [0.5, 0.6) is 0 Å². The summed E-state index contributed by atoms with van der Waals surface area (Å²) in [4.78, 5) is 14.4. The highest BCUT2D eigenvalue weighted by molar-refractivity contribution is 7.90. The van der Waals surface area contributed by atoms with Gasteiger partial charge in [0.1, 0.15) is 10.7 Å². The Kier molecular flexibility index (Phi) is 5.46. The van der Waals surface area contributed by atoms with E-state index in [4.69, 9.17) is 23.2 Å². The summed E-state index contributed by atoms with van der Waals surface area (Å²) < 4.78 is 28.8. The molecule has 1 amide bonds. The van der Waals surface area contributed by atoms with Crippen LogP contribution in [0.25, 0.3) is 0 Å². The van der Waals surface area contributed by atoms with Crippen molar-refractivity contribution in [1.29, 1.82) is 0 Å². The van der Waals surface area contributed by atoms with Crippen LogP contribution in [0, 0.1) is 0 Å². The molecule has 1 heterocycles. The van der Waals surface area contributed by atoms with Crippen LogP contribution in [0.4, 0.5) is 11.4 Å². The van der Waals surface area contributed by atoms with Gasteiger partial charge < -0.3 is 10.2 Å². The molecule has 9 heteroatoms. The van der Waals surface area contributed by atoms with Crippen LogP contribution in [-0.4, -0.2) is 26.7 Å². The minimum Gasteiger partial charge on any atom is -0.328 e. The molecule has 3 rings (SSSR count). The monoisotopic (exact) mass is 425 g/mol. The van der Waals surface area contributed by atoms with E-state index in [2.05, 4.69) is 9.71 Å². The summed E-state index contributed by atoms with van der Waals surface area (Å²) in [5.74, 6) is -0.0604. The Bertz CT molecular complexity index is 1030. The molecule has 1 N–H and O–H groups in total. The maximum absolute atomic E-state index is 12.6. The molecule has 6 nitrogen and oxygen atoms in total. The molecule has 0 fully saturated rings. The predicted molar refractivity (Wildman–Crippen MR) is 109 cm³/mol. The summed E-state index contributed by atoms with van der Waals surface area (Å²) in [6.45, 7) is 4.28. The quantitative estimate of drug-likeness (QED) is 0.776. The largest absolute Gasteiger partial charge is 0.328 e. The van der Waals surface area contributed by atoms with Crippen LogP contribution < -0.4 is 10.2 Å². The second-order valence-corrected chi connectivity index (χ2v) is 8.51. The molecule has 2 aromatic rings. The average molecular weight is 426 g/mol. The number of nitrogens with one attached hydrogen (secondary N) is 1. The Labute approximate surface area is 167 Å². The molecule has 0 atom stereocenters. The zero-order valence-electron chi connectivity index (χ0n) is 14.7. The molecule has 0 aliphatic carbocycles. The summed E-state index contributed by atoms with van der Waals surface area (Å²) in [5.41, 5.74) is 1.13. The molecule has 0 saturated heterocycles. The third kappa shape index (κ3) is 4.10. The molecule has 0 bridgehead atoms. The second-order valence-electron chi connectivity index (χ2n) is 6.06. The first kappa shape index (κ1) is 19.7. The molecular weight excluding hydrogens is 409 g/mol. The molecule has 1 aliphatic heterocycles. The van der Waals surface area contributed by atoms with Crippen LogP contribution in [0.1, 0.15) is 30.6 Å². The molecule has 1 aliphatic rings. The number of rotatable bonds is 4. The summed E-state index contributed by atoms with van der Waals surface area (Å²) in [6, 6.07) is 9.20. The number of fused-ring (bicyclic) bond motifs is 1. The van der Waals surface area contributed by atoms with Gasteiger partial charge in [-0.1, -0.05) is 30.1 Å². The van der Waals surface area contributed by atoms with E-state index in [9.17, 15) is 13.2 Å². The van der Waals surface area contributed by atoms with Gasteiger partial charge in [0.25, 0.3) is 15.9 Å². The van der Waals surface area contributed by atoms with E-state index in [1.54, 1.807) is 37.3 Å². The number of carbonyl (C=O) groups excluding carboxylic acids is 1. The Morgan fingerprint density at radius 2 is 1.81 bits per heavy atom. The van der Waals surface area contributed by atoms with Gasteiger partial charge in [-0.15, -0.1) is 4.40 Å². The highest BCUT2D eigenvalue weighted by atomic mass is 35.5. The number of amides is 1. The van der Waals surface area contributed by atoms with Crippen molar-refractivity contribution in [2.24, 2.45) is 4.40 Å². The molecular formula is C18H17Cl2N3O3S. The fraction of sp³-hybridized carbons (Fsp3) is 0.222. The number of carbonyl (C=O) groups is 1. The molecule has 27 heavy (non-hydrogen) atoms. The number of anilines is 2. The normalized spacial score (nSPS) is 15.1. The zero-order chi connectivity index (χ0) is 19.8. The summed E-state index contributed by atoms with van der Waals surface area (Å²) in [6.07, 6.45) is 0.824.